The van der Waals surface area contributed by atoms with E-state index in [1.54, 1.807) is 20.8 Å². The van der Waals surface area contributed by atoms with Crippen LogP contribution in [0.1, 0.15) is 27.2 Å². The molecule has 0 aromatic carbocycles. The van der Waals surface area contributed by atoms with Gasteiger partial charge >= 0.3 is 6.09 Å². The van der Waals surface area contributed by atoms with Crippen LogP contribution in [0, 0.1) is 11.3 Å². The number of hydrogen-bond donors (Lipinski definition) is 1. The zero-order chi connectivity index (χ0) is 9.78. The molecule has 0 unspecified atom stereocenters. The third-order valence-electron chi connectivity index (χ3n) is 1.49. The highest BCUT2D eigenvalue weighted by atomic mass is 16.4. The molecular weight excluding hydrogens is 156 g/mol. The van der Waals surface area contributed by atoms with E-state index in [9.17, 15) is 4.79 Å². The van der Waals surface area contributed by atoms with E-state index in [0.717, 1.165) is 0 Å². The molecule has 0 aromatic heterocycles. The van der Waals surface area contributed by atoms with Crippen molar-refractivity contribution in [1.82, 2.24) is 4.90 Å². The number of nitrogens with zero attached hydrogens (tertiary/aromatic N) is 2. The highest BCUT2D eigenvalue weighted by molar-refractivity contribution is 5.65. The molecule has 0 radical (unpaired) electrons. The molecule has 0 aliphatic carbocycles. The van der Waals surface area contributed by atoms with Crippen molar-refractivity contribution in [3.05, 3.63) is 0 Å². The van der Waals surface area contributed by atoms with Gasteiger partial charge in [0.25, 0.3) is 0 Å². The second kappa shape index (κ2) is 3.96. The molecule has 1 amide bonds. The summed E-state index contributed by atoms with van der Waals surface area (Å²) in [4.78, 5) is 11.9. The maximum atomic E-state index is 10.7. The third-order valence-corrected chi connectivity index (χ3v) is 1.49. The van der Waals surface area contributed by atoms with Gasteiger partial charge in [-0.2, -0.15) is 5.26 Å². The molecule has 12 heavy (non-hydrogen) atoms. The highest BCUT2D eigenvalue weighted by Crippen LogP contribution is 2.13. The van der Waals surface area contributed by atoms with Crippen LogP contribution in [0.3, 0.4) is 0 Å². The van der Waals surface area contributed by atoms with Crippen molar-refractivity contribution < 1.29 is 9.90 Å². The summed E-state index contributed by atoms with van der Waals surface area (Å²) in [6.07, 6.45) is -0.735. The van der Waals surface area contributed by atoms with Crippen LogP contribution in [0.25, 0.3) is 0 Å². The first-order valence-electron chi connectivity index (χ1n) is 3.77. The molecule has 0 aliphatic rings. The van der Waals surface area contributed by atoms with Gasteiger partial charge in [-0.25, -0.2) is 4.79 Å². The van der Waals surface area contributed by atoms with E-state index < -0.39 is 11.6 Å². The number of carbonyl (C=O) groups is 1. The Morgan fingerprint density at radius 1 is 1.58 bits per heavy atom. The average molecular weight is 170 g/mol. The van der Waals surface area contributed by atoms with E-state index in [1.165, 1.54) is 4.90 Å². The summed E-state index contributed by atoms with van der Waals surface area (Å²) in [7, 11) is 0. The standard InChI is InChI=1S/C8H14N2O2/c1-8(2,3)10(7(11)12)6-4-5-9/h4,6H2,1-3H3,(H,11,12). The van der Waals surface area contributed by atoms with Crippen molar-refractivity contribution in [3.63, 3.8) is 0 Å². The number of rotatable bonds is 2. The molecule has 0 saturated carbocycles. The van der Waals surface area contributed by atoms with E-state index >= 15 is 0 Å². The van der Waals surface area contributed by atoms with Gasteiger partial charge in [-0.1, -0.05) is 0 Å². The predicted molar refractivity (Wildman–Crippen MR) is 44.7 cm³/mol. The minimum Gasteiger partial charge on any atom is -0.465 e. The van der Waals surface area contributed by atoms with Crippen molar-refractivity contribution in [1.29, 1.82) is 5.26 Å². The largest absolute Gasteiger partial charge is 0.465 e. The summed E-state index contributed by atoms with van der Waals surface area (Å²) >= 11 is 0. The molecule has 0 fully saturated rings. The fraction of sp³-hybridized carbons (Fsp3) is 0.750. The minimum atomic E-state index is -0.974. The van der Waals surface area contributed by atoms with Crippen LogP contribution in [0.4, 0.5) is 4.79 Å². The first kappa shape index (κ1) is 10.8. The number of amides is 1. The van der Waals surface area contributed by atoms with Gasteiger partial charge in [-0.15, -0.1) is 0 Å². The first-order valence-corrected chi connectivity index (χ1v) is 3.77. The molecule has 0 atom stereocenters. The molecule has 0 rings (SSSR count). The predicted octanol–water partition coefficient (Wildman–Crippen LogP) is 1.68. The zero-order valence-corrected chi connectivity index (χ0v) is 7.66. The number of carboxylic acid groups (broad SMARTS) is 1. The van der Waals surface area contributed by atoms with Gasteiger partial charge in [0.1, 0.15) is 0 Å². The zero-order valence-electron chi connectivity index (χ0n) is 7.66. The fourth-order valence-corrected chi connectivity index (χ4v) is 0.880. The molecule has 4 nitrogen and oxygen atoms in total. The van der Waals surface area contributed by atoms with E-state index in [4.69, 9.17) is 10.4 Å². The number of nitriles is 1. The molecule has 4 heteroatoms. The highest BCUT2D eigenvalue weighted by Gasteiger charge is 2.24. The van der Waals surface area contributed by atoms with E-state index in [1.807, 2.05) is 6.07 Å². The Morgan fingerprint density at radius 2 is 2.08 bits per heavy atom. The van der Waals surface area contributed by atoms with Crippen molar-refractivity contribution in [2.24, 2.45) is 0 Å². The lowest BCUT2D eigenvalue weighted by atomic mass is 10.1. The summed E-state index contributed by atoms with van der Waals surface area (Å²) in [6.45, 7) is 5.69. The SMILES string of the molecule is CC(C)(C)N(CCC#N)C(=O)O. The normalized spacial score (nSPS) is 10.5. The Kier molecular flexibility index (Phi) is 3.55. The summed E-state index contributed by atoms with van der Waals surface area (Å²) in [5.74, 6) is 0. The van der Waals surface area contributed by atoms with Crippen molar-refractivity contribution in [3.8, 4) is 6.07 Å². The summed E-state index contributed by atoms with van der Waals surface area (Å²) in [5, 5.41) is 17.0. The van der Waals surface area contributed by atoms with E-state index in [2.05, 4.69) is 0 Å². The van der Waals surface area contributed by atoms with E-state index in [-0.39, 0.29) is 13.0 Å². The van der Waals surface area contributed by atoms with Crippen LogP contribution in [0.15, 0.2) is 0 Å². The lowest BCUT2D eigenvalue weighted by Gasteiger charge is -2.32. The molecule has 0 saturated heterocycles. The molecule has 0 bridgehead atoms. The summed E-state index contributed by atoms with van der Waals surface area (Å²) in [5.41, 5.74) is -0.428. The van der Waals surface area contributed by atoms with Crippen LogP contribution in [0.5, 0.6) is 0 Å². The number of hydrogen-bond acceptors (Lipinski definition) is 2. The summed E-state index contributed by atoms with van der Waals surface area (Å²) in [6, 6.07) is 1.92. The van der Waals surface area contributed by atoms with Gasteiger partial charge in [-0.3, -0.25) is 0 Å². The van der Waals surface area contributed by atoms with Gasteiger partial charge < -0.3 is 10.0 Å². The second-order valence-electron chi connectivity index (χ2n) is 3.51. The van der Waals surface area contributed by atoms with Crippen molar-refractivity contribution in [2.75, 3.05) is 6.54 Å². The van der Waals surface area contributed by atoms with Crippen LogP contribution in [-0.2, 0) is 0 Å². The smallest absolute Gasteiger partial charge is 0.407 e. The second-order valence-corrected chi connectivity index (χ2v) is 3.51. The fourth-order valence-electron chi connectivity index (χ4n) is 0.880. The van der Waals surface area contributed by atoms with Crippen LogP contribution >= 0.6 is 0 Å². The van der Waals surface area contributed by atoms with Crippen molar-refractivity contribution in [2.45, 2.75) is 32.7 Å². The molecule has 0 heterocycles. The molecule has 68 valence electrons. The Hall–Kier alpha value is -1.24. The lowest BCUT2D eigenvalue weighted by molar-refractivity contribution is 0.102. The van der Waals surface area contributed by atoms with Crippen LogP contribution < -0.4 is 0 Å². The Balaban J connectivity index is 4.27. The van der Waals surface area contributed by atoms with Gasteiger partial charge in [0.15, 0.2) is 0 Å². The monoisotopic (exact) mass is 170 g/mol. The molecule has 0 aromatic rings. The van der Waals surface area contributed by atoms with Crippen LogP contribution in [0.2, 0.25) is 0 Å². The van der Waals surface area contributed by atoms with Gasteiger partial charge in [0.2, 0.25) is 0 Å². The maximum absolute atomic E-state index is 10.7. The maximum Gasteiger partial charge on any atom is 0.407 e. The van der Waals surface area contributed by atoms with E-state index in [0.29, 0.717) is 0 Å². The Bertz CT molecular complexity index is 200. The first-order chi connectivity index (χ1) is 5.39. The molecule has 1 N–H and O–H groups in total. The minimum absolute atomic E-state index is 0.240. The van der Waals surface area contributed by atoms with Gasteiger partial charge in [-0.05, 0) is 20.8 Å². The van der Waals surface area contributed by atoms with Gasteiger partial charge in [0, 0.05) is 12.1 Å². The van der Waals surface area contributed by atoms with Gasteiger partial charge in [0.05, 0.1) is 12.5 Å². The molecule has 0 spiro atoms. The van der Waals surface area contributed by atoms with Crippen LogP contribution in [-0.4, -0.2) is 28.2 Å². The Labute approximate surface area is 72.4 Å². The lowest BCUT2D eigenvalue weighted by Crippen LogP contribution is -2.45. The molecular formula is C8H14N2O2. The average Bonchev–Trinajstić information content (AvgIpc) is 1.84. The molecule has 0 aliphatic heterocycles. The van der Waals surface area contributed by atoms with Crippen molar-refractivity contribution >= 4 is 6.09 Å². The Morgan fingerprint density at radius 3 is 2.33 bits per heavy atom. The quantitative estimate of drug-likeness (QED) is 0.685. The summed E-state index contributed by atoms with van der Waals surface area (Å²) < 4.78 is 0. The topological polar surface area (TPSA) is 64.3 Å². The third kappa shape index (κ3) is 3.24.